The second kappa shape index (κ2) is 6.68. The van der Waals surface area contributed by atoms with Crippen LogP contribution in [0.2, 0.25) is 0 Å². The summed E-state index contributed by atoms with van der Waals surface area (Å²) in [5, 5.41) is 0. The number of nitrogens with zero attached hydrogens (tertiary/aromatic N) is 1. The lowest BCUT2D eigenvalue weighted by atomic mass is 9.88. The number of nitrogens with one attached hydrogen (secondary N) is 1. The van der Waals surface area contributed by atoms with Crippen molar-refractivity contribution in [3.05, 3.63) is 24.0 Å². The maximum Gasteiger partial charge on any atom is 0.137 e. The Bertz CT molecular complexity index is 367. The maximum atomic E-state index is 5.70. The smallest absolute Gasteiger partial charge is 0.137 e. The Hall–Kier alpha value is -1.17. The SMILES string of the molecule is CCOc1cncc(C(NN)C2CCOCC2)c1. The molecule has 1 atom stereocenters. The molecule has 1 aromatic heterocycles. The number of pyridine rings is 1. The van der Waals surface area contributed by atoms with Gasteiger partial charge in [0, 0.05) is 19.4 Å². The first kappa shape index (κ1) is 13.3. The molecule has 0 saturated carbocycles. The van der Waals surface area contributed by atoms with Gasteiger partial charge in [-0.15, -0.1) is 0 Å². The molecule has 0 spiro atoms. The summed E-state index contributed by atoms with van der Waals surface area (Å²) < 4.78 is 10.9. The van der Waals surface area contributed by atoms with Crippen LogP contribution in [0.15, 0.2) is 18.5 Å². The molecule has 2 heterocycles. The summed E-state index contributed by atoms with van der Waals surface area (Å²) in [6.07, 6.45) is 5.62. The molecule has 1 unspecified atom stereocenters. The number of hydrogen-bond donors (Lipinski definition) is 2. The number of aromatic nitrogens is 1. The fourth-order valence-corrected chi connectivity index (χ4v) is 2.40. The third kappa shape index (κ3) is 3.19. The molecule has 0 aliphatic carbocycles. The molecule has 0 bridgehead atoms. The molecule has 0 amide bonds. The summed E-state index contributed by atoms with van der Waals surface area (Å²) in [4.78, 5) is 4.22. The van der Waals surface area contributed by atoms with Crippen LogP contribution in [0.1, 0.15) is 31.4 Å². The second-order valence-electron chi connectivity index (χ2n) is 4.48. The monoisotopic (exact) mass is 251 g/mol. The van der Waals surface area contributed by atoms with Gasteiger partial charge in [-0.2, -0.15) is 0 Å². The van der Waals surface area contributed by atoms with E-state index in [4.69, 9.17) is 15.3 Å². The minimum atomic E-state index is 0.113. The van der Waals surface area contributed by atoms with E-state index in [0.717, 1.165) is 37.4 Å². The summed E-state index contributed by atoms with van der Waals surface area (Å²) in [7, 11) is 0. The van der Waals surface area contributed by atoms with Gasteiger partial charge in [0.1, 0.15) is 5.75 Å². The highest BCUT2D eigenvalue weighted by atomic mass is 16.5. The van der Waals surface area contributed by atoms with Crippen LogP contribution in [0.3, 0.4) is 0 Å². The Morgan fingerprint density at radius 2 is 2.28 bits per heavy atom. The predicted octanol–water partition coefficient (Wildman–Crippen LogP) is 1.41. The molecule has 1 aromatic rings. The zero-order valence-electron chi connectivity index (χ0n) is 10.8. The third-order valence-corrected chi connectivity index (χ3v) is 3.32. The molecular weight excluding hydrogens is 230 g/mol. The quantitative estimate of drug-likeness (QED) is 0.611. The number of hydrogen-bond acceptors (Lipinski definition) is 5. The van der Waals surface area contributed by atoms with E-state index in [2.05, 4.69) is 10.4 Å². The molecule has 5 heteroatoms. The lowest BCUT2D eigenvalue weighted by molar-refractivity contribution is 0.0535. The summed E-state index contributed by atoms with van der Waals surface area (Å²) in [6, 6.07) is 2.12. The van der Waals surface area contributed by atoms with Crippen molar-refractivity contribution in [2.45, 2.75) is 25.8 Å². The molecule has 0 radical (unpaired) electrons. The lowest BCUT2D eigenvalue weighted by Crippen LogP contribution is -2.36. The molecule has 0 aromatic carbocycles. The third-order valence-electron chi connectivity index (χ3n) is 3.32. The Kier molecular flexibility index (Phi) is 4.92. The molecule has 3 N–H and O–H groups in total. The van der Waals surface area contributed by atoms with Gasteiger partial charge in [-0.3, -0.25) is 16.3 Å². The first-order valence-corrected chi connectivity index (χ1v) is 6.46. The average Bonchev–Trinajstić information content (AvgIpc) is 2.42. The van der Waals surface area contributed by atoms with E-state index in [-0.39, 0.29) is 6.04 Å². The molecule has 100 valence electrons. The van der Waals surface area contributed by atoms with Crippen LogP contribution in [0, 0.1) is 5.92 Å². The van der Waals surface area contributed by atoms with Crippen LogP contribution < -0.4 is 16.0 Å². The number of rotatable bonds is 5. The zero-order valence-corrected chi connectivity index (χ0v) is 10.8. The Balaban J connectivity index is 2.12. The molecule has 1 fully saturated rings. The first-order chi connectivity index (χ1) is 8.85. The second-order valence-corrected chi connectivity index (χ2v) is 4.48. The van der Waals surface area contributed by atoms with E-state index in [0.29, 0.717) is 12.5 Å². The Morgan fingerprint density at radius 1 is 1.50 bits per heavy atom. The predicted molar refractivity (Wildman–Crippen MR) is 69.0 cm³/mol. The van der Waals surface area contributed by atoms with Gasteiger partial charge in [-0.25, -0.2) is 0 Å². The summed E-state index contributed by atoms with van der Waals surface area (Å²) in [5.74, 6) is 6.98. The van der Waals surface area contributed by atoms with Crippen molar-refractivity contribution in [3.63, 3.8) is 0 Å². The van der Waals surface area contributed by atoms with E-state index in [1.54, 1.807) is 6.20 Å². The number of ether oxygens (including phenoxy) is 2. The van der Waals surface area contributed by atoms with Crippen LogP contribution in [0.25, 0.3) is 0 Å². The lowest BCUT2D eigenvalue weighted by Gasteiger charge is -2.30. The van der Waals surface area contributed by atoms with E-state index < -0.39 is 0 Å². The van der Waals surface area contributed by atoms with Crippen LogP contribution in [-0.2, 0) is 4.74 Å². The van der Waals surface area contributed by atoms with Crippen LogP contribution in [0.4, 0.5) is 0 Å². The molecule has 18 heavy (non-hydrogen) atoms. The minimum absolute atomic E-state index is 0.113. The molecule has 2 rings (SSSR count). The van der Waals surface area contributed by atoms with Crippen molar-refractivity contribution in [2.24, 2.45) is 11.8 Å². The molecule has 1 aliphatic rings. The summed E-state index contributed by atoms with van der Waals surface area (Å²) in [6.45, 7) is 4.22. The average molecular weight is 251 g/mol. The van der Waals surface area contributed by atoms with E-state index in [1.807, 2.05) is 19.2 Å². The van der Waals surface area contributed by atoms with Gasteiger partial charge in [0.2, 0.25) is 0 Å². The molecular formula is C13H21N3O2. The zero-order chi connectivity index (χ0) is 12.8. The van der Waals surface area contributed by atoms with Crippen molar-refractivity contribution in [1.82, 2.24) is 10.4 Å². The van der Waals surface area contributed by atoms with Crippen LogP contribution >= 0.6 is 0 Å². The van der Waals surface area contributed by atoms with E-state index in [1.165, 1.54) is 0 Å². The van der Waals surface area contributed by atoms with E-state index >= 15 is 0 Å². The van der Waals surface area contributed by atoms with Crippen molar-refractivity contribution in [3.8, 4) is 5.75 Å². The van der Waals surface area contributed by atoms with E-state index in [9.17, 15) is 0 Å². The largest absolute Gasteiger partial charge is 0.492 e. The Morgan fingerprint density at radius 3 is 2.94 bits per heavy atom. The van der Waals surface area contributed by atoms with Gasteiger partial charge in [0.25, 0.3) is 0 Å². The van der Waals surface area contributed by atoms with Crippen molar-refractivity contribution in [1.29, 1.82) is 0 Å². The highest BCUT2D eigenvalue weighted by Crippen LogP contribution is 2.30. The fraction of sp³-hybridized carbons (Fsp3) is 0.615. The summed E-state index contributed by atoms with van der Waals surface area (Å²) in [5.41, 5.74) is 3.99. The van der Waals surface area contributed by atoms with Crippen molar-refractivity contribution in [2.75, 3.05) is 19.8 Å². The van der Waals surface area contributed by atoms with Gasteiger partial charge in [0.05, 0.1) is 18.8 Å². The van der Waals surface area contributed by atoms with Crippen LogP contribution in [-0.4, -0.2) is 24.8 Å². The van der Waals surface area contributed by atoms with Gasteiger partial charge in [-0.1, -0.05) is 0 Å². The maximum absolute atomic E-state index is 5.70. The topological polar surface area (TPSA) is 69.4 Å². The highest BCUT2D eigenvalue weighted by Gasteiger charge is 2.25. The normalized spacial score (nSPS) is 18.6. The van der Waals surface area contributed by atoms with Crippen molar-refractivity contribution >= 4 is 0 Å². The van der Waals surface area contributed by atoms with Gasteiger partial charge < -0.3 is 9.47 Å². The molecule has 1 aliphatic heterocycles. The fourth-order valence-electron chi connectivity index (χ4n) is 2.40. The van der Waals surface area contributed by atoms with Crippen molar-refractivity contribution < 1.29 is 9.47 Å². The van der Waals surface area contributed by atoms with Gasteiger partial charge >= 0.3 is 0 Å². The molecule has 5 nitrogen and oxygen atoms in total. The summed E-state index contributed by atoms with van der Waals surface area (Å²) >= 11 is 0. The van der Waals surface area contributed by atoms with Gasteiger partial charge in [-0.05, 0) is 37.3 Å². The van der Waals surface area contributed by atoms with Crippen LogP contribution in [0.5, 0.6) is 5.75 Å². The van der Waals surface area contributed by atoms with Gasteiger partial charge in [0.15, 0.2) is 0 Å². The first-order valence-electron chi connectivity index (χ1n) is 6.46. The molecule has 1 saturated heterocycles. The Labute approximate surface area is 108 Å². The highest BCUT2D eigenvalue weighted by molar-refractivity contribution is 5.26. The number of hydrazine groups is 1. The standard InChI is InChI=1S/C13H21N3O2/c1-2-18-12-7-11(8-15-9-12)13(16-14)10-3-5-17-6-4-10/h7-10,13,16H,2-6,14H2,1H3. The number of nitrogens with two attached hydrogens (primary N) is 1. The minimum Gasteiger partial charge on any atom is -0.492 e.